The Balaban J connectivity index is 2.26. The number of benzene rings is 1. The summed E-state index contributed by atoms with van der Waals surface area (Å²) in [4.78, 5) is 3.24. The summed E-state index contributed by atoms with van der Waals surface area (Å²) in [6.45, 7) is 4.62. The van der Waals surface area contributed by atoms with Gasteiger partial charge in [0.15, 0.2) is 4.77 Å². The maximum atomic E-state index is 6.15. The van der Waals surface area contributed by atoms with E-state index in [2.05, 4.69) is 23.4 Å². The number of hydrogen-bond acceptors (Lipinski definition) is 1. The second-order valence-electron chi connectivity index (χ2n) is 5.98. The SMILES string of the molecule is CC1(C)CCCC1n1c(=S)[nH]c2cc(Cl)c(Cl)cc21. The standard InChI is InChI=1S/C14H16Cl2N2S/c1-14(2)5-3-4-12(14)18-11-7-9(16)8(15)6-10(11)17-13(18)19/h6-7,12H,3-5H2,1-2H3,(H,17,19). The molecule has 1 N–H and O–H groups in total. The first-order chi connectivity index (χ1) is 8.90. The smallest absolute Gasteiger partial charge is 0.178 e. The maximum absolute atomic E-state index is 6.15. The monoisotopic (exact) mass is 314 g/mol. The molecule has 3 rings (SSSR count). The van der Waals surface area contributed by atoms with Crippen LogP contribution < -0.4 is 0 Å². The van der Waals surface area contributed by atoms with Crippen molar-refractivity contribution < 1.29 is 0 Å². The van der Waals surface area contributed by atoms with Gasteiger partial charge in [0.25, 0.3) is 0 Å². The Hall–Kier alpha value is -0.510. The van der Waals surface area contributed by atoms with Crippen LogP contribution in [0.25, 0.3) is 11.0 Å². The molecule has 1 aromatic heterocycles. The molecule has 0 aliphatic heterocycles. The zero-order valence-corrected chi connectivity index (χ0v) is 13.3. The average Bonchev–Trinajstić information content (AvgIpc) is 2.79. The van der Waals surface area contributed by atoms with Crippen LogP contribution in [0.15, 0.2) is 12.1 Å². The number of nitrogens with one attached hydrogen (secondary N) is 1. The van der Waals surface area contributed by atoms with Crippen LogP contribution in [0.5, 0.6) is 0 Å². The van der Waals surface area contributed by atoms with Crippen molar-refractivity contribution in [2.75, 3.05) is 0 Å². The highest BCUT2D eigenvalue weighted by Gasteiger charge is 2.36. The van der Waals surface area contributed by atoms with Crippen LogP contribution in [0.4, 0.5) is 0 Å². The van der Waals surface area contributed by atoms with E-state index in [1.54, 1.807) is 0 Å². The number of aromatic nitrogens is 2. The molecule has 1 heterocycles. The van der Waals surface area contributed by atoms with E-state index in [0.717, 1.165) is 22.2 Å². The van der Waals surface area contributed by atoms with Gasteiger partial charge >= 0.3 is 0 Å². The van der Waals surface area contributed by atoms with E-state index >= 15 is 0 Å². The van der Waals surface area contributed by atoms with E-state index in [0.29, 0.717) is 16.1 Å². The van der Waals surface area contributed by atoms with Crippen molar-refractivity contribution in [2.24, 2.45) is 5.41 Å². The van der Waals surface area contributed by atoms with E-state index in [1.165, 1.54) is 12.8 Å². The van der Waals surface area contributed by atoms with Crippen LogP contribution in [0.1, 0.15) is 39.2 Å². The van der Waals surface area contributed by atoms with Crippen LogP contribution in [0, 0.1) is 10.2 Å². The summed E-state index contributed by atoms with van der Waals surface area (Å²) in [5.74, 6) is 0. The minimum Gasteiger partial charge on any atom is -0.331 e. The predicted octanol–water partition coefficient (Wildman–Crippen LogP) is 5.76. The molecule has 0 saturated heterocycles. The number of aromatic amines is 1. The van der Waals surface area contributed by atoms with Gasteiger partial charge in [-0.25, -0.2) is 0 Å². The molecule has 1 aliphatic carbocycles. The minimum atomic E-state index is 0.263. The molecule has 1 aliphatic rings. The van der Waals surface area contributed by atoms with Gasteiger partial charge in [-0.15, -0.1) is 0 Å². The third-order valence-corrected chi connectivity index (χ3v) is 5.29. The Morgan fingerprint density at radius 1 is 1.32 bits per heavy atom. The van der Waals surface area contributed by atoms with Crippen LogP contribution >= 0.6 is 35.4 Å². The van der Waals surface area contributed by atoms with Gasteiger partial charge in [0, 0.05) is 6.04 Å². The lowest BCUT2D eigenvalue weighted by Crippen LogP contribution is -2.21. The third-order valence-electron chi connectivity index (χ3n) is 4.27. The van der Waals surface area contributed by atoms with Gasteiger partial charge in [-0.05, 0) is 42.6 Å². The minimum absolute atomic E-state index is 0.263. The Morgan fingerprint density at radius 2 is 2.00 bits per heavy atom. The number of imidazole rings is 1. The lowest BCUT2D eigenvalue weighted by atomic mass is 9.87. The second kappa shape index (κ2) is 4.51. The zero-order chi connectivity index (χ0) is 13.8. The van der Waals surface area contributed by atoms with Crippen LogP contribution in [0.2, 0.25) is 10.0 Å². The summed E-state index contributed by atoms with van der Waals surface area (Å²) in [6, 6.07) is 4.19. The second-order valence-corrected chi connectivity index (χ2v) is 7.18. The zero-order valence-electron chi connectivity index (χ0n) is 11.0. The number of fused-ring (bicyclic) bond motifs is 1. The van der Waals surface area contributed by atoms with Crippen molar-refractivity contribution in [3.8, 4) is 0 Å². The first kappa shape index (κ1) is 13.5. The Morgan fingerprint density at radius 3 is 2.63 bits per heavy atom. The average molecular weight is 315 g/mol. The summed E-state index contributed by atoms with van der Waals surface area (Å²) < 4.78 is 2.98. The topological polar surface area (TPSA) is 20.7 Å². The molecule has 0 bridgehead atoms. The van der Waals surface area contributed by atoms with Crippen molar-refractivity contribution in [2.45, 2.75) is 39.2 Å². The molecular formula is C14H16Cl2N2S. The molecular weight excluding hydrogens is 299 g/mol. The van der Waals surface area contributed by atoms with Gasteiger partial charge < -0.3 is 9.55 Å². The van der Waals surface area contributed by atoms with Crippen molar-refractivity contribution in [3.63, 3.8) is 0 Å². The largest absolute Gasteiger partial charge is 0.331 e. The number of halogens is 2. The van der Waals surface area contributed by atoms with E-state index in [4.69, 9.17) is 35.4 Å². The molecule has 1 aromatic carbocycles. The van der Waals surface area contributed by atoms with Gasteiger partial charge in [0.05, 0.1) is 21.1 Å². The van der Waals surface area contributed by atoms with Crippen molar-refractivity contribution in [3.05, 3.63) is 26.9 Å². The molecule has 1 saturated carbocycles. The number of H-pyrrole nitrogens is 1. The summed E-state index contributed by atoms with van der Waals surface area (Å²) in [6.07, 6.45) is 3.63. The molecule has 1 fully saturated rings. The molecule has 1 unspecified atom stereocenters. The highest BCUT2D eigenvalue weighted by atomic mass is 35.5. The van der Waals surface area contributed by atoms with E-state index < -0.39 is 0 Å². The highest BCUT2D eigenvalue weighted by Crippen LogP contribution is 2.47. The molecule has 0 radical (unpaired) electrons. The summed E-state index contributed by atoms with van der Waals surface area (Å²) in [5.41, 5.74) is 2.28. The molecule has 1 atom stereocenters. The predicted molar refractivity (Wildman–Crippen MR) is 83.8 cm³/mol. The molecule has 2 nitrogen and oxygen atoms in total. The normalized spacial score (nSPS) is 22.2. The summed E-state index contributed by atoms with van der Waals surface area (Å²) in [7, 11) is 0. The van der Waals surface area contributed by atoms with Crippen LogP contribution in [-0.4, -0.2) is 9.55 Å². The highest BCUT2D eigenvalue weighted by molar-refractivity contribution is 7.71. The van der Waals surface area contributed by atoms with Gasteiger partial charge in [-0.3, -0.25) is 0 Å². The quantitative estimate of drug-likeness (QED) is 0.664. The van der Waals surface area contributed by atoms with Crippen molar-refractivity contribution >= 4 is 46.5 Å². The van der Waals surface area contributed by atoms with Gasteiger partial charge in [-0.2, -0.15) is 0 Å². The molecule has 102 valence electrons. The molecule has 5 heteroatoms. The van der Waals surface area contributed by atoms with Crippen LogP contribution in [-0.2, 0) is 0 Å². The van der Waals surface area contributed by atoms with Crippen LogP contribution in [0.3, 0.4) is 0 Å². The lowest BCUT2D eigenvalue weighted by Gasteiger charge is -2.28. The molecule has 0 spiro atoms. The lowest BCUT2D eigenvalue weighted by molar-refractivity contribution is 0.264. The Bertz CT molecular complexity index is 699. The number of rotatable bonds is 1. The maximum Gasteiger partial charge on any atom is 0.178 e. The third kappa shape index (κ3) is 2.12. The van der Waals surface area contributed by atoms with Gasteiger partial charge in [0.2, 0.25) is 0 Å². The number of nitrogens with zero attached hydrogens (tertiary/aromatic N) is 1. The first-order valence-electron chi connectivity index (χ1n) is 6.49. The fraction of sp³-hybridized carbons (Fsp3) is 0.500. The number of hydrogen-bond donors (Lipinski definition) is 1. The fourth-order valence-corrected chi connectivity index (χ4v) is 3.87. The molecule has 0 amide bonds. The van der Waals surface area contributed by atoms with E-state index in [-0.39, 0.29) is 5.41 Å². The Kier molecular flexibility index (Phi) is 3.19. The van der Waals surface area contributed by atoms with Crippen molar-refractivity contribution in [1.29, 1.82) is 0 Å². The first-order valence-corrected chi connectivity index (χ1v) is 7.66. The summed E-state index contributed by atoms with van der Waals surface area (Å²) >= 11 is 17.7. The van der Waals surface area contributed by atoms with E-state index in [9.17, 15) is 0 Å². The molecule has 19 heavy (non-hydrogen) atoms. The fourth-order valence-electron chi connectivity index (χ4n) is 3.22. The summed E-state index contributed by atoms with van der Waals surface area (Å²) in [5, 5.41) is 1.14. The van der Waals surface area contributed by atoms with E-state index in [1.807, 2.05) is 12.1 Å². The Labute approximate surface area is 127 Å². The molecule has 2 aromatic rings. The van der Waals surface area contributed by atoms with Gasteiger partial charge in [0.1, 0.15) is 0 Å². The van der Waals surface area contributed by atoms with Gasteiger partial charge in [-0.1, -0.05) is 43.5 Å². The van der Waals surface area contributed by atoms with Crippen molar-refractivity contribution in [1.82, 2.24) is 9.55 Å².